The zero-order chi connectivity index (χ0) is 12.4. The Bertz CT molecular complexity index is 555. The molecule has 0 amide bonds. The molecular formula is C14H13BrO2. The van der Waals surface area contributed by atoms with Gasteiger partial charge in [-0.05, 0) is 53.0 Å². The second-order valence-corrected chi connectivity index (χ2v) is 4.92. The lowest BCUT2D eigenvalue weighted by Crippen LogP contribution is -2.03. The standard InChI is InChI=1S/C14H13BrO2/c1-9-3-4-10(2)11(7-9)8-12(16)13-5-6-14(15)17-13/h3-7H,8H2,1-2H3. The monoisotopic (exact) mass is 292 g/mol. The number of carbonyl (C=O) groups is 1. The molecule has 88 valence electrons. The molecular weight excluding hydrogens is 280 g/mol. The molecule has 1 aromatic carbocycles. The molecule has 0 N–H and O–H groups in total. The second kappa shape index (κ2) is 4.88. The van der Waals surface area contributed by atoms with E-state index < -0.39 is 0 Å². The highest BCUT2D eigenvalue weighted by Gasteiger charge is 2.12. The van der Waals surface area contributed by atoms with E-state index in [9.17, 15) is 4.79 Å². The molecule has 0 aliphatic carbocycles. The van der Waals surface area contributed by atoms with Crippen LogP contribution in [0.25, 0.3) is 0 Å². The summed E-state index contributed by atoms with van der Waals surface area (Å²) in [6.07, 6.45) is 0.382. The first kappa shape index (κ1) is 12.1. The van der Waals surface area contributed by atoms with Crippen LogP contribution in [0.1, 0.15) is 27.2 Å². The minimum Gasteiger partial charge on any atom is -0.446 e. The zero-order valence-electron chi connectivity index (χ0n) is 9.79. The van der Waals surface area contributed by atoms with E-state index in [-0.39, 0.29) is 5.78 Å². The van der Waals surface area contributed by atoms with Crippen molar-refractivity contribution >= 4 is 21.7 Å². The van der Waals surface area contributed by atoms with Crippen LogP contribution in [0.3, 0.4) is 0 Å². The van der Waals surface area contributed by atoms with Crippen LogP contribution in [0.4, 0.5) is 0 Å². The maximum Gasteiger partial charge on any atom is 0.202 e. The predicted octanol–water partition coefficient (Wildman–Crippen LogP) is 4.08. The van der Waals surface area contributed by atoms with Gasteiger partial charge in [-0.3, -0.25) is 4.79 Å². The van der Waals surface area contributed by atoms with Crippen molar-refractivity contribution in [2.45, 2.75) is 20.3 Å². The SMILES string of the molecule is Cc1ccc(C)c(CC(=O)c2ccc(Br)o2)c1. The summed E-state index contributed by atoms with van der Waals surface area (Å²) in [5.41, 5.74) is 3.36. The molecule has 0 fully saturated rings. The molecule has 1 aromatic heterocycles. The average Bonchev–Trinajstić information content (AvgIpc) is 2.70. The first-order valence-corrected chi connectivity index (χ1v) is 6.20. The Kier molecular flexibility index (Phi) is 3.48. The fraction of sp³-hybridized carbons (Fsp3) is 0.214. The van der Waals surface area contributed by atoms with Crippen molar-refractivity contribution in [3.05, 3.63) is 57.5 Å². The van der Waals surface area contributed by atoms with Gasteiger partial charge in [0.15, 0.2) is 10.4 Å². The van der Waals surface area contributed by atoms with E-state index >= 15 is 0 Å². The molecule has 0 unspecified atom stereocenters. The fourth-order valence-corrected chi connectivity index (χ4v) is 2.02. The highest BCUT2D eigenvalue weighted by molar-refractivity contribution is 9.10. The summed E-state index contributed by atoms with van der Waals surface area (Å²) in [4.78, 5) is 12.0. The van der Waals surface area contributed by atoms with Crippen molar-refractivity contribution in [3.8, 4) is 0 Å². The smallest absolute Gasteiger partial charge is 0.202 e. The maximum atomic E-state index is 12.0. The Morgan fingerprint density at radius 3 is 2.65 bits per heavy atom. The number of hydrogen-bond acceptors (Lipinski definition) is 2. The molecule has 3 heteroatoms. The largest absolute Gasteiger partial charge is 0.446 e. The van der Waals surface area contributed by atoms with Crippen LogP contribution >= 0.6 is 15.9 Å². The molecule has 0 aliphatic heterocycles. The lowest BCUT2D eigenvalue weighted by Gasteiger charge is -2.05. The van der Waals surface area contributed by atoms with Crippen LogP contribution in [-0.2, 0) is 6.42 Å². The summed E-state index contributed by atoms with van der Waals surface area (Å²) >= 11 is 3.19. The van der Waals surface area contributed by atoms with E-state index in [1.54, 1.807) is 12.1 Å². The van der Waals surface area contributed by atoms with Gasteiger partial charge in [-0.15, -0.1) is 0 Å². The molecule has 1 heterocycles. The van der Waals surface area contributed by atoms with Gasteiger partial charge in [-0.25, -0.2) is 0 Å². The van der Waals surface area contributed by atoms with Crippen LogP contribution < -0.4 is 0 Å². The third-order valence-electron chi connectivity index (χ3n) is 2.70. The van der Waals surface area contributed by atoms with Gasteiger partial charge < -0.3 is 4.42 Å². The lowest BCUT2D eigenvalue weighted by atomic mass is 10.0. The Morgan fingerprint density at radius 1 is 1.24 bits per heavy atom. The van der Waals surface area contributed by atoms with Crippen molar-refractivity contribution in [2.75, 3.05) is 0 Å². The van der Waals surface area contributed by atoms with Crippen LogP contribution in [0, 0.1) is 13.8 Å². The summed E-state index contributed by atoms with van der Waals surface area (Å²) in [5.74, 6) is 0.405. The molecule has 0 aliphatic rings. The van der Waals surface area contributed by atoms with Crippen LogP contribution in [0.2, 0.25) is 0 Å². The third-order valence-corrected chi connectivity index (χ3v) is 3.13. The van der Waals surface area contributed by atoms with E-state index in [0.717, 1.165) is 11.1 Å². The summed E-state index contributed by atoms with van der Waals surface area (Å²) in [6, 6.07) is 9.56. The number of rotatable bonds is 3. The molecule has 0 saturated heterocycles. The first-order chi connectivity index (χ1) is 8.06. The molecule has 0 saturated carbocycles. The van der Waals surface area contributed by atoms with Gasteiger partial charge in [0.25, 0.3) is 0 Å². The second-order valence-electron chi connectivity index (χ2n) is 4.13. The quantitative estimate of drug-likeness (QED) is 0.798. The van der Waals surface area contributed by atoms with Gasteiger partial charge >= 0.3 is 0 Å². The zero-order valence-corrected chi connectivity index (χ0v) is 11.4. The highest BCUT2D eigenvalue weighted by atomic mass is 79.9. The molecule has 0 atom stereocenters. The number of Topliss-reactive ketones (excluding diaryl/α,β-unsaturated/α-hetero) is 1. The van der Waals surface area contributed by atoms with Gasteiger partial charge in [0.1, 0.15) is 0 Å². The minimum absolute atomic E-state index is 0.00407. The summed E-state index contributed by atoms with van der Waals surface area (Å²) in [5, 5.41) is 0. The Hall–Kier alpha value is -1.35. The average molecular weight is 293 g/mol. The minimum atomic E-state index is 0.00407. The Morgan fingerprint density at radius 2 is 2.00 bits per heavy atom. The number of hydrogen-bond donors (Lipinski definition) is 0. The van der Waals surface area contributed by atoms with Crippen molar-refractivity contribution in [2.24, 2.45) is 0 Å². The van der Waals surface area contributed by atoms with Crippen LogP contribution in [0.15, 0.2) is 39.4 Å². The number of benzene rings is 1. The van der Waals surface area contributed by atoms with Gasteiger partial charge in [0.2, 0.25) is 5.78 Å². The summed E-state index contributed by atoms with van der Waals surface area (Å²) < 4.78 is 5.84. The summed E-state index contributed by atoms with van der Waals surface area (Å²) in [6.45, 7) is 4.04. The predicted molar refractivity (Wildman–Crippen MR) is 70.4 cm³/mol. The van der Waals surface area contributed by atoms with Crippen molar-refractivity contribution in [1.29, 1.82) is 0 Å². The molecule has 0 bridgehead atoms. The molecule has 2 nitrogen and oxygen atoms in total. The molecule has 2 aromatic rings. The number of ketones is 1. The van der Waals surface area contributed by atoms with Gasteiger partial charge in [-0.1, -0.05) is 23.8 Å². The van der Waals surface area contributed by atoms with E-state index in [4.69, 9.17) is 4.42 Å². The van der Waals surface area contributed by atoms with E-state index in [2.05, 4.69) is 15.9 Å². The number of halogens is 1. The van der Waals surface area contributed by atoms with Crippen molar-refractivity contribution < 1.29 is 9.21 Å². The van der Waals surface area contributed by atoms with Gasteiger partial charge in [-0.2, -0.15) is 0 Å². The van der Waals surface area contributed by atoms with Gasteiger partial charge in [0, 0.05) is 6.42 Å². The van der Waals surface area contributed by atoms with E-state index in [0.29, 0.717) is 16.9 Å². The highest BCUT2D eigenvalue weighted by Crippen LogP contribution is 2.18. The maximum absolute atomic E-state index is 12.0. The van der Waals surface area contributed by atoms with Crippen LogP contribution in [0.5, 0.6) is 0 Å². The van der Waals surface area contributed by atoms with Crippen molar-refractivity contribution in [1.82, 2.24) is 0 Å². The Balaban J connectivity index is 2.21. The third kappa shape index (κ3) is 2.86. The van der Waals surface area contributed by atoms with Gasteiger partial charge in [0.05, 0.1) is 0 Å². The van der Waals surface area contributed by atoms with Crippen molar-refractivity contribution in [3.63, 3.8) is 0 Å². The molecule has 0 radical (unpaired) electrons. The molecule has 17 heavy (non-hydrogen) atoms. The summed E-state index contributed by atoms with van der Waals surface area (Å²) in [7, 11) is 0. The molecule has 2 rings (SSSR count). The normalized spacial score (nSPS) is 10.5. The topological polar surface area (TPSA) is 30.2 Å². The first-order valence-electron chi connectivity index (χ1n) is 5.41. The lowest BCUT2D eigenvalue weighted by molar-refractivity contribution is 0.0965. The number of furan rings is 1. The Labute approximate surface area is 109 Å². The van der Waals surface area contributed by atoms with Crippen LogP contribution in [-0.4, -0.2) is 5.78 Å². The molecule has 0 spiro atoms. The van der Waals surface area contributed by atoms with E-state index in [1.165, 1.54) is 5.56 Å². The van der Waals surface area contributed by atoms with E-state index in [1.807, 2.05) is 32.0 Å². The fourth-order valence-electron chi connectivity index (χ4n) is 1.71. The number of aryl methyl sites for hydroxylation is 2. The number of carbonyl (C=O) groups excluding carboxylic acids is 1.